The zero-order valence-electron chi connectivity index (χ0n) is 19.3. The van der Waals surface area contributed by atoms with E-state index in [0.717, 1.165) is 36.9 Å². The first kappa shape index (κ1) is 24.0. The highest BCUT2D eigenvalue weighted by molar-refractivity contribution is 5.74. The van der Waals surface area contributed by atoms with E-state index in [2.05, 4.69) is 24.2 Å². The molecule has 0 aliphatic carbocycles. The van der Waals surface area contributed by atoms with Gasteiger partial charge >= 0.3 is 6.03 Å². The van der Waals surface area contributed by atoms with Gasteiger partial charge in [-0.2, -0.15) is 0 Å². The van der Waals surface area contributed by atoms with E-state index in [1.165, 1.54) is 12.1 Å². The molecule has 174 valence electrons. The average Bonchev–Trinajstić information content (AvgIpc) is 2.73. The molecular weight excluding hydrogens is 412 g/mol. The molecule has 1 N–H and O–H groups in total. The molecular formula is C25H33F2N3O2. The van der Waals surface area contributed by atoms with Gasteiger partial charge in [0, 0.05) is 30.8 Å². The molecule has 2 aromatic carbocycles. The number of carbonyl (C=O) groups is 1. The second-order valence-electron chi connectivity index (χ2n) is 8.93. The van der Waals surface area contributed by atoms with Crippen molar-refractivity contribution >= 4 is 6.03 Å². The van der Waals surface area contributed by atoms with Gasteiger partial charge in [-0.1, -0.05) is 25.1 Å². The smallest absolute Gasteiger partial charge is 0.318 e. The van der Waals surface area contributed by atoms with Gasteiger partial charge in [-0.15, -0.1) is 0 Å². The molecule has 2 amide bonds. The number of hydrogen-bond acceptors (Lipinski definition) is 3. The van der Waals surface area contributed by atoms with Crippen molar-refractivity contribution in [1.29, 1.82) is 0 Å². The van der Waals surface area contributed by atoms with Crippen LogP contribution < -0.4 is 10.1 Å². The summed E-state index contributed by atoms with van der Waals surface area (Å²) >= 11 is 0. The summed E-state index contributed by atoms with van der Waals surface area (Å²) in [5, 5.41) is 2.98. The van der Waals surface area contributed by atoms with Crippen molar-refractivity contribution in [3.05, 3.63) is 65.2 Å². The molecule has 2 atom stereocenters. The predicted octanol–water partition coefficient (Wildman–Crippen LogP) is 4.80. The maximum absolute atomic E-state index is 14.4. The third-order valence-electron chi connectivity index (χ3n) is 5.82. The predicted molar refractivity (Wildman–Crippen MR) is 121 cm³/mol. The Hall–Kier alpha value is -2.67. The number of nitrogens with zero attached hydrogens (tertiary/aromatic N) is 2. The van der Waals surface area contributed by atoms with Gasteiger partial charge in [0.05, 0.1) is 12.6 Å². The van der Waals surface area contributed by atoms with Crippen LogP contribution in [0.25, 0.3) is 0 Å². The second-order valence-corrected chi connectivity index (χ2v) is 8.93. The molecule has 32 heavy (non-hydrogen) atoms. The molecule has 0 spiro atoms. The molecule has 0 radical (unpaired) electrons. The molecule has 1 fully saturated rings. The zero-order valence-corrected chi connectivity index (χ0v) is 19.3. The van der Waals surface area contributed by atoms with Crippen LogP contribution in [-0.4, -0.2) is 48.1 Å². The van der Waals surface area contributed by atoms with E-state index in [0.29, 0.717) is 12.1 Å². The molecule has 1 aliphatic rings. The molecule has 7 heteroatoms. The van der Waals surface area contributed by atoms with Crippen molar-refractivity contribution in [2.45, 2.75) is 52.4 Å². The summed E-state index contributed by atoms with van der Waals surface area (Å²) in [5.41, 5.74) is 1.25. The fourth-order valence-electron chi connectivity index (χ4n) is 4.22. The number of halogens is 2. The quantitative estimate of drug-likeness (QED) is 0.666. The van der Waals surface area contributed by atoms with Gasteiger partial charge in [-0.25, -0.2) is 13.6 Å². The minimum atomic E-state index is -0.635. The standard InChI is InChI=1S/C25H33F2N3O2/c1-17(2)32-22-9-5-19(6-10-22)14-28-25(31)30(24-11-12-29(4)15-18(24)3)16-20-7-8-21(26)13-23(20)27/h5-10,13,17-18,24H,11-12,14-16H2,1-4H3,(H,28,31)/t18-,24-/m1/s1. The van der Waals surface area contributed by atoms with Crippen molar-refractivity contribution in [1.82, 2.24) is 15.1 Å². The van der Waals surface area contributed by atoms with Gasteiger partial charge in [0.15, 0.2) is 0 Å². The molecule has 0 aromatic heterocycles. The Labute approximate surface area is 189 Å². The Morgan fingerprint density at radius 1 is 1.22 bits per heavy atom. The third-order valence-corrected chi connectivity index (χ3v) is 5.82. The largest absolute Gasteiger partial charge is 0.491 e. The molecule has 0 unspecified atom stereocenters. The molecule has 0 saturated carbocycles. The number of amides is 2. The monoisotopic (exact) mass is 445 g/mol. The third kappa shape index (κ3) is 6.42. The molecule has 5 nitrogen and oxygen atoms in total. The van der Waals surface area contributed by atoms with Crippen molar-refractivity contribution in [2.24, 2.45) is 5.92 Å². The summed E-state index contributed by atoms with van der Waals surface area (Å²) < 4.78 is 33.4. The maximum atomic E-state index is 14.4. The summed E-state index contributed by atoms with van der Waals surface area (Å²) in [5.74, 6) is -0.247. The van der Waals surface area contributed by atoms with Gasteiger partial charge in [-0.05, 0) is 63.5 Å². The van der Waals surface area contributed by atoms with E-state index in [4.69, 9.17) is 4.74 Å². The molecule has 1 heterocycles. The molecule has 0 bridgehead atoms. The summed E-state index contributed by atoms with van der Waals surface area (Å²) in [6, 6.07) is 10.8. The van der Waals surface area contributed by atoms with Gasteiger partial charge in [0.25, 0.3) is 0 Å². The van der Waals surface area contributed by atoms with Crippen molar-refractivity contribution < 1.29 is 18.3 Å². The van der Waals surface area contributed by atoms with Crippen LogP contribution in [0, 0.1) is 17.6 Å². The number of nitrogens with one attached hydrogen (secondary N) is 1. The van der Waals surface area contributed by atoms with Crippen LogP contribution in [0.1, 0.15) is 38.3 Å². The first-order valence-electron chi connectivity index (χ1n) is 11.2. The number of likely N-dealkylation sites (tertiary alicyclic amines) is 1. The van der Waals surface area contributed by atoms with E-state index < -0.39 is 11.6 Å². The van der Waals surface area contributed by atoms with Crippen LogP contribution in [0.4, 0.5) is 13.6 Å². The normalized spacial score (nSPS) is 19.1. The first-order chi connectivity index (χ1) is 15.2. The molecule has 2 aromatic rings. The Balaban J connectivity index is 1.72. The highest BCUT2D eigenvalue weighted by Gasteiger charge is 2.32. The van der Waals surface area contributed by atoms with E-state index >= 15 is 0 Å². The Bertz CT molecular complexity index is 905. The van der Waals surface area contributed by atoms with Gasteiger partial charge in [-0.3, -0.25) is 0 Å². The number of carbonyl (C=O) groups excluding carboxylic acids is 1. The van der Waals surface area contributed by atoms with Crippen LogP contribution in [0.5, 0.6) is 5.75 Å². The average molecular weight is 446 g/mol. The highest BCUT2D eigenvalue weighted by Crippen LogP contribution is 2.24. The van der Waals surface area contributed by atoms with Crippen LogP contribution in [0.3, 0.4) is 0 Å². The summed E-state index contributed by atoms with van der Waals surface area (Å²) in [6.07, 6.45) is 0.896. The van der Waals surface area contributed by atoms with Crippen molar-refractivity contribution in [3.63, 3.8) is 0 Å². The number of ether oxygens (including phenoxy) is 1. The molecule has 1 aliphatic heterocycles. The van der Waals surface area contributed by atoms with E-state index in [1.54, 1.807) is 4.90 Å². The fraction of sp³-hybridized carbons (Fsp3) is 0.480. The number of rotatable bonds is 7. The van der Waals surface area contributed by atoms with Crippen molar-refractivity contribution in [3.8, 4) is 5.75 Å². The van der Waals surface area contributed by atoms with Crippen LogP contribution in [0.2, 0.25) is 0 Å². The lowest BCUT2D eigenvalue weighted by Crippen LogP contribution is -2.53. The van der Waals surface area contributed by atoms with E-state index in [9.17, 15) is 13.6 Å². The number of urea groups is 1. The summed E-state index contributed by atoms with van der Waals surface area (Å²) in [7, 11) is 2.06. The van der Waals surface area contributed by atoms with Gasteiger partial charge in [0.2, 0.25) is 0 Å². The van der Waals surface area contributed by atoms with Crippen molar-refractivity contribution in [2.75, 3.05) is 20.1 Å². The van der Waals surface area contributed by atoms with Crippen LogP contribution in [-0.2, 0) is 13.1 Å². The fourth-order valence-corrected chi connectivity index (χ4v) is 4.22. The summed E-state index contributed by atoms with van der Waals surface area (Å²) in [6.45, 7) is 8.21. The number of benzene rings is 2. The molecule has 1 saturated heterocycles. The Kier molecular flexibility index (Phi) is 8.07. The van der Waals surface area contributed by atoms with Gasteiger partial charge in [0.1, 0.15) is 17.4 Å². The lowest BCUT2D eigenvalue weighted by Gasteiger charge is -2.41. The SMILES string of the molecule is CC(C)Oc1ccc(CNC(=O)N(Cc2ccc(F)cc2F)[C@@H]2CCN(C)C[C@H]2C)cc1. The van der Waals surface area contributed by atoms with Crippen LogP contribution in [0.15, 0.2) is 42.5 Å². The Morgan fingerprint density at radius 2 is 1.94 bits per heavy atom. The molecule has 3 rings (SSSR count). The number of hydrogen-bond donors (Lipinski definition) is 1. The minimum Gasteiger partial charge on any atom is -0.491 e. The lowest BCUT2D eigenvalue weighted by molar-refractivity contribution is 0.0877. The first-order valence-corrected chi connectivity index (χ1v) is 11.2. The number of piperidine rings is 1. The van der Waals surface area contributed by atoms with E-state index in [-0.39, 0.29) is 30.6 Å². The zero-order chi connectivity index (χ0) is 23.3. The lowest BCUT2D eigenvalue weighted by atomic mass is 9.92. The second kappa shape index (κ2) is 10.8. The Morgan fingerprint density at radius 3 is 2.56 bits per heavy atom. The van der Waals surface area contributed by atoms with E-state index in [1.807, 2.05) is 38.1 Å². The van der Waals surface area contributed by atoms with Gasteiger partial charge < -0.3 is 19.9 Å². The van der Waals surface area contributed by atoms with Crippen LogP contribution >= 0.6 is 0 Å². The maximum Gasteiger partial charge on any atom is 0.318 e. The topological polar surface area (TPSA) is 44.8 Å². The highest BCUT2D eigenvalue weighted by atomic mass is 19.1. The minimum absolute atomic E-state index is 0.0301. The summed E-state index contributed by atoms with van der Waals surface area (Å²) in [4.78, 5) is 17.1.